The molecule has 0 fully saturated rings. The van der Waals surface area contributed by atoms with Crippen molar-refractivity contribution in [1.82, 2.24) is 0 Å². The SMILES string of the molecule is CC/C=C\C/C=C\C/C=C\CCCCCCCCCC(=O)OC(CO)COP(=O)(O)OCC(COC(=O)CCCCCCC/C=C\CCCC)OC(=O)CCCCCCCCCCC/C=C\C/C=C\CCCCC. The average molecular weight is 1060 g/mol. The molecule has 74 heavy (non-hydrogen) atoms. The second-order valence-electron chi connectivity index (χ2n) is 19.8. The van der Waals surface area contributed by atoms with E-state index >= 15 is 0 Å². The number of carbonyl (C=O) groups excluding carboxylic acids is 3. The highest BCUT2D eigenvalue weighted by atomic mass is 31.2. The summed E-state index contributed by atoms with van der Waals surface area (Å²) in [7, 11) is -4.75. The number of hydrogen-bond donors (Lipinski definition) is 2. The zero-order valence-electron chi connectivity index (χ0n) is 47.3. The first-order valence-electron chi connectivity index (χ1n) is 29.8. The molecular formula is C62H109O11P. The molecule has 0 aromatic carbocycles. The zero-order chi connectivity index (χ0) is 54.1. The highest BCUT2D eigenvalue weighted by molar-refractivity contribution is 7.47. The Morgan fingerprint density at radius 3 is 1.14 bits per heavy atom. The van der Waals surface area contributed by atoms with Gasteiger partial charge in [-0.05, 0) is 103 Å². The molecule has 0 spiro atoms. The minimum absolute atomic E-state index is 0.159. The highest BCUT2D eigenvalue weighted by Crippen LogP contribution is 2.43. The molecule has 428 valence electrons. The fourth-order valence-corrected chi connectivity index (χ4v) is 8.81. The van der Waals surface area contributed by atoms with E-state index in [1.54, 1.807) is 0 Å². The van der Waals surface area contributed by atoms with Crippen LogP contribution in [-0.4, -0.2) is 66.5 Å². The van der Waals surface area contributed by atoms with Gasteiger partial charge in [0, 0.05) is 19.3 Å². The molecule has 0 rings (SSSR count). The number of phosphoric ester groups is 1. The first-order valence-corrected chi connectivity index (χ1v) is 31.3. The number of ether oxygens (including phenoxy) is 3. The maximum Gasteiger partial charge on any atom is 0.472 e. The summed E-state index contributed by atoms with van der Waals surface area (Å²) in [5, 5.41) is 9.82. The molecule has 3 atom stereocenters. The average Bonchev–Trinajstić information content (AvgIpc) is 3.39. The normalized spacial score (nSPS) is 13.9. The maximum atomic E-state index is 12.9. The summed E-state index contributed by atoms with van der Waals surface area (Å²) < 4.78 is 39.5. The fourth-order valence-electron chi connectivity index (χ4n) is 8.03. The lowest BCUT2D eigenvalue weighted by molar-refractivity contribution is -0.161. The molecule has 11 nitrogen and oxygen atoms in total. The molecule has 0 saturated carbocycles. The van der Waals surface area contributed by atoms with Gasteiger partial charge in [-0.1, -0.05) is 216 Å². The van der Waals surface area contributed by atoms with Gasteiger partial charge in [-0.2, -0.15) is 0 Å². The Balaban J connectivity index is 4.66. The summed E-state index contributed by atoms with van der Waals surface area (Å²) in [5.41, 5.74) is 0. The van der Waals surface area contributed by atoms with E-state index in [4.69, 9.17) is 23.3 Å². The van der Waals surface area contributed by atoms with E-state index in [1.165, 1.54) is 83.5 Å². The van der Waals surface area contributed by atoms with Crippen LogP contribution >= 0.6 is 7.82 Å². The summed E-state index contributed by atoms with van der Waals surface area (Å²) in [6.45, 7) is 4.46. The zero-order valence-corrected chi connectivity index (χ0v) is 48.2. The van der Waals surface area contributed by atoms with Crippen LogP contribution in [0.5, 0.6) is 0 Å². The largest absolute Gasteiger partial charge is 0.472 e. The van der Waals surface area contributed by atoms with Crippen molar-refractivity contribution in [2.75, 3.05) is 26.4 Å². The molecule has 3 unspecified atom stereocenters. The third-order valence-corrected chi connectivity index (χ3v) is 13.5. The van der Waals surface area contributed by atoms with E-state index < -0.39 is 57.8 Å². The second kappa shape index (κ2) is 56.1. The molecule has 12 heteroatoms. The summed E-state index contributed by atoms with van der Waals surface area (Å²) in [6, 6.07) is 0. The number of rotatable bonds is 55. The van der Waals surface area contributed by atoms with E-state index in [2.05, 4.69) is 93.7 Å². The Hall–Kier alpha value is -3.08. The first-order chi connectivity index (χ1) is 36.2. The van der Waals surface area contributed by atoms with Gasteiger partial charge in [0.15, 0.2) is 6.10 Å². The van der Waals surface area contributed by atoms with Crippen molar-refractivity contribution in [1.29, 1.82) is 0 Å². The third-order valence-electron chi connectivity index (χ3n) is 12.6. The lowest BCUT2D eigenvalue weighted by Crippen LogP contribution is -2.30. The van der Waals surface area contributed by atoms with Gasteiger partial charge in [-0.15, -0.1) is 0 Å². The predicted molar refractivity (Wildman–Crippen MR) is 307 cm³/mol. The number of phosphoric acid groups is 1. The standard InChI is InChI=1S/C62H109O11P/c1-4-7-10-13-16-19-22-24-26-28-29-31-33-35-38-41-44-47-50-53-62(66)73-59(55-69-60(64)51-48-45-42-39-36-21-18-15-12-9-6-3)57-71-74(67,68)70-56-58(54-63)72-61(65)52-49-46-43-40-37-34-32-30-27-25-23-20-17-14-11-8-5-2/h8,11,15-20,24-27,58-59,63H,4-7,9-10,12-14,21-23,28-57H2,1-3H3,(H,67,68)/b11-8-,18-15-,19-16-,20-17-,26-24-,27-25-. The van der Waals surface area contributed by atoms with Crippen LogP contribution in [0.3, 0.4) is 0 Å². The van der Waals surface area contributed by atoms with Crippen molar-refractivity contribution in [3.8, 4) is 0 Å². The first kappa shape index (κ1) is 70.9. The molecule has 0 aliphatic carbocycles. The smallest absolute Gasteiger partial charge is 0.462 e. The quantitative estimate of drug-likeness (QED) is 0.0197. The molecule has 2 N–H and O–H groups in total. The summed E-state index contributed by atoms with van der Waals surface area (Å²) >= 11 is 0. The van der Waals surface area contributed by atoms with Crippen molar-refractivity contribution in [3.63, 3.8) is 0 Å². The third kappa shape index (κ3) is 53.7. The van der Waals surface area contributed by atoms with Crippen LogP contribution in [0.25, 0.3) is 0 Å². The molecule has 0 radical (unpaired) electrons. The van der Waals surface area contributed by atoms with Crippen molar-refractivity contribution >= 4 is 25.7 Å². The van der Waals surface area contributed by atoms with Crippen LogP contribution in [0.15, 0.2) is 72.9 Å². The van der Waals surface area contributed by atoms with Gasteiger partial charge in [0.05, 0.1) is 19.8 Å². The van der Waals surface area contributed by atoms with Crippen LogP contribution in [0, 0.1) is 0 Å². The van der Waals surface area contributed by atoms with Crippen molar-refractivity contribution in [3.05, 3.63) is 72.9 Å². The molecule has 0 heterocycles. The molecule has 0 saturated heterocycles. The highest BCUT2D eigenvalue weighted by Gasteiger charge is 2.28. The van der Waals surface area contributed by atoms with Crippen LogP contribution in [0.4, 0.5) is 0 Å². The summed E-state index contributed by atoms with van der Waals surface area (Å²) in [5.74, 6) is -1.48. The predicted octanol–water partition coefficient (Wildman–Crippen LogP) is 17.7. The van der Waals surface area contributed by atoms with Crippen LogP contribution in [0.2, 0.25) is 0 Å². The van der Waals surface area contributed by atoms with Crippen molar-refractivity contribution in [2.24, 2.45) is 0 Å². The fraction of sp³-hybridized carbons (Fsp3) is 0.758. The maximum absolute atomic E-state index is 12.9. The second-order valence-corrected chi connectivity index (χ2v) is 21.2. The van der Waals surface area contributed by atoms with E-state index in [1.807, 2.05) is 0 Å². The molecule has 0 aromatic rings. The Morgan fingerprint density at radius 2 is 0.716 bits per heavy atom. The number of carbonyl (C=O) groups is 3. The minimum Gasteiger partial charge on any atom is -0.462 e. The van der Waals surface area contributed by atoms with E-state index in [9.17, 15) is 28.9 Å². The monoisotopic (exact) mass is 1060 g/mol. The molecular weight excluding hydrogens is 952 g/mol. The van der Waals surface area contributed by atoms with Gasteiger partial charge in [0.2, 0.25) is 0 Å². The van der Waals surface area contributed by atoms with Gasteiger partial charge in [0.25, 0.3) is 0 Å². The number of unbranched alkanes of at least 4 members (excludes halogenated alkanes) is 26. The number of aliphatic hydroxyl groups is 1. The minimum atomic E-state index is -4.75. The lowest BCUT2D eigenvalue weighted by atomic mass is 10.1. The molecule has 0 aliphatic heterocycles. The van der Waals surface area contributed by atoms with Gasteiger partial charge >= 0.3 is 25.7 Å². The number of esters is 3. The Kier molecular flexibility index (Phi) is 53.8. The van der Waals surface area contributed by atoms with Crippen molar-refractivity contribution in [2.45, 2.75) is 277 Å². The Morgan fingerprint density at radius 1 is 0.392 bits per heavy atom. The molecule has 0 amide bonds. The van der Waals surface area contributed by atoms with E-state index in [0.29, 0.717) is 19.3 Å². The van der Waals surface area contributed by atoms with Crippen LogP contribution < -0.4 is 0 Å². The molecule has 0 bridgehead atoms. The summed E-state index contributed by atoms with van der Waals surface area (Å²) in [4.78, 5) is 48.5. The number of aliphatic hydroxyl groups excluding tert-OH is 1. The number of hydrogen-bond acceptors (Lipinski definition) is 10. The number of allylic oxidation sites excluding steroid dienone is 12. The van der Waals surface area contributed by atoms with Crippen molar-refractivity contribution < 1.29 is 52.2 Å². The summed E-state index contributed by atoms with van der Waals surface area (Å²) in [6.07, 6.45) is 62.8. The van der Waals surface area contributed by atoms with E-state index in [-0.39, 0.29) is 25.9 Å². The Labute approximate surface area is 452 Å². The van der Waals surface area contributed by atoms with Gasteiger partial charge in [-0.25, -0.2) is 4.57 Å². The topological polar surface area (TPSA) is 155 Å². The Bertz CT molecular complexity index is 1520. The van der Waals surface area contributed by atoms with Gasteiger partial charge in [-0.3, -0.25) is 23.4 Å². The molecule has 0 aromatic heterocycles. The van der Waals surface area contributed by atoms with E-state index in [0.717, 1.165) is 122 Å². The van der Waals surface area contributed by atoms with Crippen LogP contribution in [0.1, 0.15) is 265 Å². The van der Waals surface area contributed by atoms with Crippen LogP contribution in [-0.2, 0) is 42.2 Å². The molecule has 0 aliphatic rings. The van der Waals surface area contributed by atoms with Gasteiger partial charge in [0.1, 0.15) is 12.7 Å². The lowest BCUT2D eigenvalue weighted by Gasteiger charge is -2.21. The van der Waals surface area contributed by atoms with Gasteiger partial charge < -0.3 is 24.2 Å².